The van der Waals surface area contributed by atoms with Crippen LogP contribution in [-0.2, 0) is 9.53 Å². The number of nitrogens with one attached hydrogen (secondary N) is 1. The van der Waals surface area contributed by atoms with E-state index in [0.717, 1.165) is 44.2 Å². The second-order valence-corrected chi connectivity index (χ2v) is 12.5. The zero-order valence-corrected chi connectivity index (χ0v) is 21.8. The van der Waals surface area contributed by atoms with Crippen LogP contribution >= 0.6 is 12.6 Å². The molecule has 6 fully saturated rings. The van der Waals surface area contributed by atoms with Gasteiger partial charge >= 0.3 is 12.6 Å². The minimum Gasteiger partial charge on any atom is -0.481 e. The van der Waals surface area contributed by atoms with Gasteiger partial charge in [0, 0.05) is 29.9 Å². The largest absolute Gasteiger partial charge is 0.481 e. The van der Waals surface area contributed by atoms with E-state index in [1.165, 1.54) is 0 Å². The highest BCUT2D eigenvalue weighted by molar-refractivity contribution is 7.80. The standard InChI is InChI=1S/C27H35F2N3O4S/c28-26(29)36-27-10-14-7-17(11-27)21(18(8-14)12-27)31-24(33)19-9-20(37)23(30-22(19)15-3-1-2-4-15)32-6-5-16(13-32)25(34)35/h9,14-18,21,26,37H,1-8,10-13H2,(H,31,33)(H,34,35)/t14?,16-,17?,18?,21?,27?/m1/s1. The van der Waals surface area contributed by atoms with E-state index in [4.69, 9.17) is 9.72 Å². The number of anilines is 1. The Bertz CT molecular complexity index is 1060. The first kappa shape index (κ1) is 25.3. The number of thiol groups is 1. The molecule has 0 radical (unpaired) electrons. The van der Waals surface area contributed by atoms with Crippen molar-refractivity contribution in [1.82, 2.24) is 10.3 Å². The van der Waals surface area contributed by atoms with Gasteiger partial charge in [-0.2, -0.15) is 8.78 Å². The molecule has 4 bridgehead atoms. The van der Waals surface area contributed by atoms with Crippen LogP contribution in [0, 0.1) is 23.7 Å². The number of nitrogens with zero attached hydrogens (tertiary/aromatic N) is 2. The molecule has 10 heteroatoms. The average molecular weight is 536 g/mol. The smallest absolute Gasteiger partial charge is 0.345 e. The third-order valence-electron chi connectivity index (χ3n) is 9.69. The number of amides is 1. The predicted octanol–water partition coefficient (Wildman–Crippen LogP) is 4.86. The summed E-state index contributed by atoms with van der Waals surface area (Å²) in [5, 5.41) is 12.7. The van der Waals surface area contributed by atoms with Crippen LogP contribution in [0.25, 0.3) is 0 Å². The lowest BCUT2D eigenvalue weighted by atomic mass is 9.52. The summed E-state index contributed by atoms with van der Waals surface area (Å²) in [6.07, 6.45) is 8.42. The Morgan fingerprint density at radius 2 is 1.86 bits per heavy atom. The van der Waals surface area contributed by atoms with E-state index in [1.54, 1.807) is 6.07 Å². The molecule has 3 atom stereocenters. The van der Waals surface area contributed by atoms with Crippen molar-refractivity contribution in [3.8, 4) is 0 Å². The molecule has 2 unspecified atom stereocenters. The number of ether oxygens (including phenoxy) is 1. The number of aliphatic carboxylic acids is 1. The zero-order chi connectivity index (χ0) is 25.9. The van der Waals surface area contributed by atoms with Gasteiger partial charge in [0.15, 0.2) is 0 Å². The first-order valence-electron chi connectivity index (χ1n) is 13.7. The monoisotopic (exact) mass is 535 g/mol. The molecule has 2 N–H and O–H groups in total. The van der Waals surface area contributed by atoms with Crippen LogP contribution in [0.2, 0.25) is 0 Å². The normalized spacial score (nSPS) is 35.0. The number of rotatable bonds is 7. The first-order chi connectivity index (χ1) is 17.7. The number of carboxylic acids is 1. The van der Waals surface area contributed by atoms with Crippen LogP contribution in [-0.4, -0.2) is 53.3 Å². The van der Waals surface area contributed by atoms with Crippen LogP contribution in [0.5, 0.6) is 0 Å². The molecule has 202 valence electrons. The van der Waals surface area contributed by atoms with Crippen molar-refractivity contribution in [2.24, 2.45) is 23.7 Å². The third kappa shape index (κ3) is 4.73. The SMILES string of the molecule is O=C(NC1C2CC3CC1CC(OC(F)F)(C3)C2)c1cc(S)c(N2CC[C@@H](C(=O)O)C2)nc1C1CCCC1. The van der Waals surface area contributed by atoms with Crippen molar-refractivity contribution in [2.45, 2.75) is 93.3 Å². The number of pyridine rings is 1. The van der Waals surface area contributed by atoms with Crippen LogP contribution in [0.15, 0.2) is 11.0 Å². The highest BCUT2D eigenvalue weighted by Crippen LogP contribution is 2.57. The number of alkyl halides is 2. The highest BCUT2D eigenvalue weighted by Gasteiger charge is 2.57. The Kier molecular flexibility index (Phi) is 6.62. The lowest BCUT2D eigenvalue weighted by Gasteiger charge is -2.59. The number of carbonyl (C=O) groups excluding carboxylic acids is 1. The third-order valence-corrected chi connectivity index (χ3v) is 10.0. The molecule has 2 heterocycles. The second-order valence-electron chi connectivity index (χ2n) is 12.0. The summed E-state index contributed by atoms with van der Waals surface area (Å²) >= 11 is 4.68. The molecule has 1 saturated heterocycles. The van der Waals surface area contributed by atoms with Gasteiger partial charge in [0.05, 0.1) is 22.8 Å². The number of hydrogen-bond donors (Lipinski definition) is 3. The van der Waals surface area contributed by atoms with Gasteiger partial charge in [0.1, 0.15) is 5.82 Å². The van der Waals surface area contributed by atoms with Gasteiger partial charge in [-0.05, 0) is 75.2 Å². The van der Waals surface area contributed by atoms with E-state index in [2.05, 4.69) is 17.9 Å². The van der Waals surface area contributed by atoms with Crippen molar-refractivity contribution in [1.29, 1.82) is 0 Å². The lowest BCUT2D eigenvalue weighted by Crippen LogP contribution is -2.62. The van der Waals surface area contributed by atoms with E-state index < -0.39 is 24.1 Å². The molecule has 5 aliphatic carbocycles. The first-order valence-corrected chi connectivity index (χ1v) is 14.1. The summed E-state index contributed by atoms with van der Waals surface area (Å²) in [6.45, 7) is -1.78. The summed E-state index contributed by atoms with van der Waals surface area (Å²) in [5.74, 6) is 0.126. The Morgan fingerprint density at radius 3 is 2.49 bits per heavy atom. The fourth-order valence-corrected chi connectivity index (χ4v) is 8.65. The Balaban J connectivity index is 1.25. The minimum absolute atomic E-state index is 0.0483. The van der Waals surface area contributed by atoms with Gasteiger partial charge < -0.3 is 20.1 Å². The maximum Gasteiger partial charge on any atom is 0.345 e. The van der Waals surface area contributed by atoms with Crippen molar-refractivity contribution >= 4 is 30.3 Å². The van der Waals surface area contributed by atoms with Gasteiger partial charge in [0.25, 0.3) is 5.91 Å². The van der Waals surface area contributed by atoms with Crippen LogP contribution in [0.3, 0.4) is 0 Å². The predicted molar refractivity (Wildman–Crippen MR) is 135 cm³/mol. The fourth-order valence-electron chi connectivity index (χ4n) is 8.33. The molecular formula is C27H35F2N3O4S. The van der Waals surface area contributed by atoms with Gasteiger partial charge in [-0.15, -0.1) is 12.6 Å². The zero-order valence-electron chi connectivity index (χ0n) is 20.9. The molecule has 0 aromatic carbocycles. The summed E-state index contributed by atoms with van der Waals surface area (Å²) in [4.78, 5) is 32.8. The average Bonchev–Trinajstić information content (AvgIpc) is 3.52. The topological polar surface area (TPSA) is 91.8 Å². The molecule has 5 saturated carbocycles. The van der Waals surface area contributed by atoms with Crippen molar-refractivity contribution in [2.75, 3.05) is 18.0 Å². The van der Waals surface area contributed by atoms with E-state index >= 15 is 0 Å². The van der Waals surface area contributed by atoms with E-state index in [0.29, 0.717) is 61.0 Å². The number of carboxylic acid groups (broad SMARTS) is 1. The summed E-state index contributed by atoms with van der Waals surface area (Å²) in [5.41, 5.74) is 0.580. The van der Waals surface area contributed by atoms with Gasteiger partial charge in [-0.1, -0.05) is 12.8 Å². The second kappa shape index (κ2) is 9.67. The molecular weight excluding hydrogens is 500 g/mol. The molecule has 1 aliphatic heterocycles. The van der Waals surface area contributed by atoms with Gasteiger partial charge in [-0.25, -0.2) is 4.98 Å². The van der Waals surface area contributed by atoms with E-state index in [1.807, 2.05) is 4.90 Å². The molecule has 1 amide bonds. The van der Waals surface area contributed by atoms with E-state index in [9.17, 15) is 23.5 Å². The fraction of sp³-hybridized carbons (Fsp3) is 0.741. The Morgan fingerprint density at radius 1 is 1.16 bits per heavy atom. The van der Waals surface area contributed by atoms with Crippen LogP contribution < -0.4 is 10.2 Å². The quantitative estimate of drug-likeness (QED) is 0.432. The summed E-state index contributed by atoms with van der Waals surface area (Å²) < 4.78 is 31.5. The number of carbonyl (C=O) groups is 2. The van der Waals surface area contributed by atoms with Crippen molar-refractivity contribution < 1.29 is 28.2 Å². The molecule has 7 rings (SSSR count). The van der Waals surface area contributed by atoms with Gasteiger partial charge in [-0.3, -0.25) is 9.59 Å². The molecule has 7 nitrogen and oxygen atoms in total. The maximum absolute atomic E-state index is 13.8. The summed E-state index contributed by atoms with van der Waals surface area (Å²) in [7, 11) is 0. The summed E-state index contributed by atoms with van der Waals surface area (Å²) in [6, 6.07) is 1.76. The molecule has 1 aromatic heterocycles. The lowest BCUT2D eigenvalue weighted by molar-refractivity contribution is -0.260. The maximum atomic E-state index is 13.8. The number of aromatic nitrogens is 1. The van der Waals surface area contributed by atoms with E-state index in [-0.39, 0.29) is 29.7 Å². The highest BCUT2D eigenvalue weighted by atomic mass is 32.1. The Hall–Kier alpha value is -1.94. The molecule has 0 spiro atoms. The van der Waals surface area contributed by atoms with Crippen molar-refractivity contribution in [3.63, 3.8) is 0 Å². The number of halogens is 2. The van der Waals surface area contributed by atoms with Crippen molar-refractivity contribution in [3.05, 3.63) is 17.3 Å². The molecule has 37 heavy (non-hydrogen) atoms. The molecule has 1 aromatic rings. The molecule has 6 aliphatic rings. The number of hydrogen-bond acceptors (Lipinski definition) is 6. The van der Waals surface area contributed by atoms with Crippen LogP contribution in [0.4, 0.5) is 14.6 Å². The minimum atomic E-state index is -2.77. The van der Waals surface area contributed by atoms with Gasteiger partial charge in [0.2, 0.25) is 0 Å². The van der Waals surface area contributed by atoms with Crippen LogP contribution in [0.1, 0.15) is 86.2 Å². The Labute approximate surface area is 221 Å².